The molecule has 2 aromatic heterocycles. The lowest BCUT2D eigenvalue weighted by molar-refractivity contribution is -0.0556. The number of aliphatic hydroxyl groups excluding tert-OH is 1. The average Bonchev–Trinajstić information content (AvgIpc) is 2.90. The molecule has 0 spiro atoms. The van der Waals surface area contributed by atoms with E-state index in [-0.39, 0.29) is 11.1 Å². The van der Waals surface area contributed by atoms with Crippen molar-refractivity contribution in [2.24, 2.45) is 7.05 Å². The first-order valence-corrected chi connectivity index (χ1v) is 13.1. The number of rotatable bonds is 6. The number of hydrogen-bond donors (Lipinski definition) is 2. The van der Waals surface area contributed by atoms with Crippen LogP contribution in [-0.2, 0) is 17.7 Å². The summed E-state index contributed by atoms with van der Waals surface area (Å²) >= 11 is 0. The van der Waals surface area contributed by atoms with Crippen LogP contribution in [0.2, 0.25) is 0 Å². The highest BCUT2D eigenvalue weighted by Gasteiger charge is 2.31. The molecule has 0 fully saturated rings. The Balaban J connectivity index is 1.69. The summed E-state index contributed by atoms with van der Waals surface area (Å²) in [6.45, 7) is 8.40. The molecule has 1 amide bonds. The lowest BCUT2D eigenvalue weighted by Gasteiger charge is -2.29. The number of pyridine rings is 1. The Labute approximate surface area is 231 Å². The molecule has 9 nitrogen and oxygen atoms in total. The van der Waals surface area contributed by atoms with Gasteiger partial charge in [-0.2, -0.15) is 8.78 Å². The molecule has 1 aromatic carbocycles. The van der Waals surface area contributed by atoms with Crippen molar-refractivity contribution >= 4 is 28.5 Å². The number of benzene rings is 1. The van der Waals surface area contributed by atoms with Gasteiger partial charge in [-0.25, -0.2) is 14.8 Å². The van der Waals surface area contributed by atoms with Crippen LogP contribution in [0.1, 0.15) is 62.7 Å². The summed E-state index contributed by atoms with van der Waals surface area (Å²) in [5, 5.41) is 13.0. The van der Waals surface area contributed by atoms with Crippen molar-refractivity contribution in [2.75, 3.05) is 25.0 Å². The van der Waals surface area contributed by atoms with Crippen molar-refractivity contribution in [3.8, 4) is 0 Å². The smallest absolute Gasteiger partial charge is 0.410 e. The summed E-state index contributed by atoms with van der Waals surface area (Å²) in [7, 11) is 1.64. The van der Waals surface area contributed by atoms with Crippen LogP contribution in [0.5, 0.6) is 0 Å². The van der Waals surface area contributed by atoms with E-state index >= 15 is 0 Å². The third-order valence-electron chi connectivity index (χ3n) is 6.75. The number of fused-ring (bicyclic) bond motifs is 1. The minimum atomic E-state index is -3.35. The molecule has 0 saturated heterocycles. The lowest BCUT2D eigenvalue weighted by atomic mass is 9.99. The van der Waals surface area contributed by atoms with Crippen molar-refractivity contribution < 1.29 is 23.4 Å². The summed E-state index contributed by atoms with van der Waals surface area (Å²) in [4.78, 5) is 36.5. The number of aliphatic hydroxyl groups is 1. The first-order valence-electron chi connectivity index (χ1n) is 13.1. The third-order valence-corrected chi connectivity index (χ3v) is 6.75. The van der Waals surface area contributed by atoms with Gasteiger partial charge < -0.3 is 20.1 Å². The maximum Gasteiger partial charge on any atom is 0.410 e. The molecular formula is C29H35F2N5O4. The number of ether oxygens (including phenoxy) is 1. The zero-order valence-corrected chi connectivity index (χ0v) is 23.6. The van der Waals surface area contributed by atoms with Gasteiger partial charge in [0, 0.05) is 37.3 Å². The van der Waals surface area contributed by atoms with Gasteiger partial charge in [0.2, 0.25) is 0 Å². The highest BCUT2D eigenvalue weighted by molar-refractivity contribution is 5.90. The van der Waals surface area contributed by atoms with E-state index in [4.69, 9.17) is 9.84 Å². The Morgan fingerprint density at radius 1 is 1.23 bits per heavy atom. The van der Waals surface area contributed by atoms with Gasteiger partial charge in [-0.1, -0.05) is 24.3 Å². The van der Waals surface area contributed by atoms with Crippen molar-refractivity contribution in [3.05, 3.63) is 69.3 Å². The predicted molar refractivity (Wildman–Crippen MR) is 149 cm³/mol. The molecule has 1 atom stereocenters. The van der Waals surface area contributed by atoms with Crippen molar-refractivity contribution in [3.63, 3.8) is 0 Å². The number of anilines is 1. The van der Waals surface area contributed by atoms with Crippen LogP contribution in [0.4, 0.5) is 19.4 Å². The van der Waals surface area contributed by atoms with E-state index in [0.717, 1.165) is 5.57 Å². The third kappa shape index (κ3) is 6.14. The van der Waals surface area contributed by atoms with Gasteiger partial charge in [0.05, 0.1) is 5.39 Å². The topological polar surface area (TPSA) is 110 Å². The summed E-state index contributed by atoms with van der Waals surface area (Å²) in [6.07, 6.45) is 1.92. The first-order chi connectivity index (χ1) is 18.7. The van der Waals surface area contributed by atoms with Crippen LogP contribution >= 0.6 is 0 Å². The van der Waals surface area contributed by atoms with Crippen molar-refractivity contribution in [1.29, 1.82) is 0 Å². The summed E-state index contributed by atoms with van der Waals surface area (Å²) < 4.78 is 35.1. The highest BCUT2D eigenvalue weighted by atomic mass is 19.3. The molecule has 4 rings (SSSR count). The number of halogens is 2. The van der Waals surface area contributed by atoms with E-state index in [1.54, 1.807) is 31.0 Å². The number of carbonyl (C=O) groups is 1. The van der Waals surface area contributed by atoms with Gasteiger partial charge in [-0.3, -0.25) is 9.36 Å². The fourth-order valence-electron chi connectivity index (χ4n) is 4.60. The van der Waals surface area contributed by atoms with Gasteiger partial charge in [0.25, 0.3) is 11.5 Å². The second-order valence-electron chi connectivity index (χ2n) is 11.0. The number of aryl methyl sites for hydroxylation is 2. The number of carbonyl (C=O) groups excluding carboxylic acids is 1. The SMILES string of the molecule is Cc1nc(NC(C)c2cccc(C(F)(F)CO)c2)c2cc(C3=CCN(C(=O)OC(C)(C)C)CC3)c(=O)n(C)c2n1. The Morgan fingerprint density at radius 3 is 2.58 bits per heavy atom. The Hall–Kier alpha value is -3.86. The largest absolute Gasteiger partial charge is 0.444 e. The zero-order valence-electron chi connectivity index (χ0n) is 23.6. The molecule has 1 aliphatic heterocycles. The van der Waals surface area contributed by atoms with Gasteiger partial charge in [-0.05, 0) is 64.3 Å². The summed E-state index contributed by atoms with van der Waals surface area (Å²) in [5.74, 6) is -2.46. The Kier molecular flexibility index (Phi) is 7.98. The summed E-state index contributed by atoms with van der Waals surface area (Å²) in [6, 6.07) is 7.19. The molecule has 1 aliphatic rings. The van der Waals surface area contributed by atoms with E-state index < -0.39 is 30.3 Å². The van der Waals surface area contributed by atoms with E-state index in [9.17, 15) is 18.4 Å². The van der Waals surface area contributed by atoms with E-state index in [2.05, 4.69) is 15.3 Å². The van der Waals surface area contributed by atoms with Crippen LogP contribution < -0.4 is 10.9 Å². The number of nitrogens with one attached hydrogen (secondary N) is 1. The average molecular weight is 556 g/mol. The number of alkyl halides is 2. The standard InChI is InChI=1S/C29H35F2N5O4/c1-17(20-8-7-9-21(14-20)29(30,31)16-37)32-24-23-15-22(26(38)35(6)25(23)34-18(2)33-24)19-10-12-36(13-11-19)27(39)40-28(3,4)5/h7-10,14-15,17,37H,11-13,16H2,1-6H3,(H,32,33,34). The van der Waals surface area contributed by atoms with Gasteiger partial charge in [0.1, 0.15) is 29.5 Å². The van der Waals surface area contributed by atoms with E-state index in [0.29, 0.717) is 53.3 Å². The van der Waals surface area contributed by atoms with Crippen molar-refractivity contribution in [2.45, 2.75) is 58.6 Å². The fraction of sp³-hybridized carbons (Fsp3) is 0.448. The maximum atomic E-state index is 14.1. The normalized spacial score (nSPS) is 15.1. The molecule has 0 radical (unpaired) electrons. The molecule has 11 heteroatoms. The monoisotopic (exact) mass is 555 g/mol. The second-order valence-corrected chi connectivity index (χ2v) is 11.0. The van der Waals surface area contributed by atoms with Gasteiger partial charge in [0.15, 0.2) is 0 Å². The zero-order chi connectivity index (χ0) is 29.4. The lowest BCUT2D eigenvalue weighted by Crippen LogP contribution is -2.39. The minimum absolute atomic E-state index is 0.222. The number of amides is 1. The van der Waals surface area contributed by atoms with Crippen molar-refractivity contribution in [1.82, 2.24) is 19.4 Å². The van der Waals surface area contributed by atoms with Crippen LogP contribution in [-0.4, -0.2) is 55.9 Å². The summed E-state index contributed by atoms with van der Waals surface area (Å²) in [5.41, 5.74) is 1.20. The second kappa shape index (κ2) is 11.0. The molecular weight excluding hydrogens is 520 g/mol. The molecule has 40 heavy (non-hydrogen) atoms. The molecule has 0 aliphatic carbocycles. The van der Waals surface area contributed by atoms with Crippen LogP contribution in [0.25, 0.3) is 16.6 Å². The molecule has 2 N–H and O–H groups in total. The number of nitrogens with zero attached hydrogens (tertiary/aromatic N) is 4. The molecule has 3 heterocycles. The van der Waals surface area contributed by atoms with Crippen LogP contribution in [0.3, 0.4) is 0 Å². The fourth-order valence-corrected chi connectivity index (χ4v) is 4.60. The Bertz CT molecular complexity index is 1530. The van der Waals surface area contributed by atoms with Gasteiger partial charge >= 0.3 is 6.09 Å². The van der Waals surface area contributed by atoms with Gasteiger partial charge in [-0.15, -0.1) is 0 Å². The number of aromatic nitrogens is 3. The molecule has 3 aromatic rings. The van der Waals surface area contributed by atoms with E-state index in [1.165, 1.54) is 22.8 Å². The highest BCUT2D eigenvalue weighted by Crippen LogP contribution is 2.31. The molecule has 214 valence electrons. The molecule has 1 unspecified atom stereocenters. The van der Waals surface area contributed by atoms with E-state index in [1.807, 2.05) is 33.8 Å². The number of hydrogen-bond acceptors (Lipinski definition) is 7. The maximum absolute atomic E-state index is 14.1. The Morgan fingerprint density at radius 2 is 1.95 bits per heavy atom. The quantitative estimate of drug-likeness (QED) is 0.444. The molecule has 0 saturated carbocycles. The molecule has 0 bridgehead atoms. The first kappa shape index (κ1) is 29.1. The predicted octanol–water partition coefficient (Wildman–Crippen LogP) is 4.92. The van der Waals surface area contributed by atoms with Crippen LogP contribution in [0.15, 0.2) is 41.2 Å². The van der Waals surface area contributed by atoms with Crippen LogP contribution in [0, 0.1) is 6.92 Å². The minimum Gasteiger partial charge on any atom is -0.444 e.